The fraction of sp³-hybridized carbons (Fsp3) is 0.667. The van der Waals surface area contributed by atoms with Crippen LogP contribution in [0.3, 0.4) is 0 Å². The molecule has 1 aromatic carbocycles. The minimum Gasteiger partial charge on any atom is -0.493 e. The summed E-state index contributed by atoms with van der Waals surface area (Å²) in [7, 11) is 1.60. The summed E-state index contributed by atoms with van der Waals surface area (Å²) in [6, 6.07) is 5.18. The van der Waals surface area contributed by atoms with Gasteiger partial charge in [-0.25, -0.2) is 0 Å². The van der Waals surface area contributed by atoms with E-state index >= 15 is 0 Å². The van der Waals surface area contributed by atoms with Crippen LogP contribution in [0.5, 0.6) is 11.5 Å². The molecule has 0 bridgehead atoms. The van der Waals surface area contributed by atoms with E-state index in [0.29, 0.717) is 24.7 Å². The maximum Gasteiger partial charge on any atom is 0.250 e. The summed E-state index contributed by atoms with van der Waals surface area (Å²) < 4.78 is 11.2. The van der Waals surface area contributed by atoms with Gasteiger partial charge in [0.2, 0.25) is 5.91 Å². The lowest BCUT2D eigenvalue weighted by molar-refractivity contribution is -0.159. The third-order valence-corrected chi connectivity index (χ3v) is 6.28. The van der Waals surface area contributed by atoms with Crippen molar-refractivity contribution in [2.75, 3.05) is 26.8 Å². The fourth-order valence-corrected chi connectivity index (χ4v) is 4.66. The van der Waals surface area contributed by atoms with Gasteiger partial charge in [0.1, 0.15) is 12.6 Å². The number of ether oxygens (including phenoxy) is 2. The summed E-state index contributed by atoms with van der Waals surface area (Å²) in [5.74, 6) is 1.34. The van der Waals surface area contributed by atoms with Crippen molar-refractivity contribution in [3.8, 4) is 11.5 Å². The molecule has 0 unspecified atom stereocenters. The van der Waals surface area contributed by atoms with Crippen molar-refractivity contribution in [1.82, 2.24) is 9.80 Å². The molecule has 0 aromatic heterocycles. The molecule has 6 nitrogen and oxygen atoms in total. The molecule has 1 atom stereocenters. The van der Waals surface area contributed by atoms with Crippen molar-refractivity contribution >= 4 is 11.8 Å². The van der Waals surface area contributed by atoms with Crippen LogP contribution < -0.4 is 9.47 Å². The zero-order valence-corrected chi connectivity index (χ0v) is 18.7. The Morgan fingerprint density at radius 2 is 1.77 bits per heavy atom. The number of hydrogen-bond acceptors (Lipinski definition) is 4. The molecule has 166 valence electrons. The predicted octanol–water partition coefficient (Wildman–Crippen LogP) is 4.33. The Balaban J connectivity index is 1.95. The highest BCUT2D eigenvalue weighted by Gasteiger charge is 2.42. The molecule has 6 heteroatoms. The first-order valence-corrected chi connectivity index (χ1v) is 11.5. The van der Waals surface area contributed by atoms with Gasteiger partial charge in [-0.15, -0.1) is 0 Å². The topological polar surface area (TPSA) is 59.1 Å². The van der Waals surface area contributed by atoms with E-state index in [2.05, 4.69) is 6.92 Å². The zero-order chi connectivity index (χ0) is 21.5. The van der Waals surface area contributed by atoms with Crippen molar-refractivity contribution < 1.29 is 19.1 Å². The van der Waals surface area contributed by atoms with E-state index in [-0.39, 0.29) is 24.4 Å². The SMILES string of the molecule is CCCCN1C(=O)CN(C2CCCCCC2)C(=O)[C@H]1c1ccc(OCC)c(OC)c1. The van der Waals surface area contributed by atoms with Crippen LogP contribution in [0.2, 0.25) is 0 Å². The van der Waals surface area contributed by atoms with Gasteiger partial charge in [0, 0.05) is 12.6 Å². The first-order chi connectivity index (χ1) is 14.6. The molecule has 1 saturated carbocycles. The summed E-state index contributed by atoms with van der Waals surface area (Å²) in [4.78, 5) is 30.5. The number of piperazine rings is 1. The van der Waals surface area contributed by atoms with E-state index in [9.17, 15) is 9.59 Å². The smallest absolute Gasteiger partial charge is 0.250 e. The third kappa shape index (κ3) is 4.90. The minimum atomic E-state index is -0.592. The quantitative estimate of drug-likeness (QED) is 0.592. The number of methoxy groups -OCH3 is 1. The third-order valence-electron chi connectivity index (χ3n) is 6.28. The first-order valence-electron chi connectivity index (χ1n) is 11.5. The standard InChI is InChI=1S/C24H36N2O4/c1-4-6-15-25-22(27)17-26(19-11-9-7-8-10-12-19)24(28)23(25)18-13-14-20(30-5-2)21(16-18)29-3/h13-14,16,19,23H,4-12,15,17H2,1-3H3/t23-/m1/s1. The molecule has 0 radical (unpaired) electrons. The summed E-state index contributed by atoms with van der Waals surface area (Å²) in [5, 5.41) is 0. The van der Waals surface area contributed by atoms with Gasteiger partial charge in [0.05, 0.1) is 13.7 Å². The van der Waals surface area contributed by atoms with Crippen LogP contribution in [0.15, 0.2) is 18.2 Å². The monoisotopic (exact) mass is 416 g/mol. The molecular weight excluding hydrogens is 380 g/mol. The average Bonchev–Trinajstić information content (AvgIpc) is 3.04. The molecule has 1 aromatic rings. The Morgan fingerprint density at radius 3 is 2.40 bits per heavy atom. The lowest BCUT2D eigenvalue weighted by Crippen LogP contribution is -2.58. The van der Waals surface area contributed by atoms with Gasteiger partial charge in [-0.3, -0.25) is 9.59 Å². The number of nitrogens with zero attached hydrogens (tertiary/aromatic N) is 2. The van der Waals surface area contributed by atoms with Crippen molar-refractivity contribution in [1.29, 1.82) is 0 Å². The number of carbonyl (C=O) groups is 2. The number of unbranched alkanes of at least 4 members (excludes halogenated alkanes) is 1. The normalized spacial score (nSPS) is 21.0. The number of rotatable bonds is 8. The zero-order valence-electron chi connectivity index (χ0n) is 18.7. The minimum absolute atomic E-state index is 0.0452. The number of carbonyl (C=O) groups excluding carboxylic acids is 2. The molecule has 1 aliphatic heterocycles. The molecule has 0 spiro atoms. The van der Waals surface area contributed by atoms with E-state index in [0.717, 1.165) is 44.1 Å². The second-order valence-electron chi connectivity index (χ2n) is 8.30. The summed E-state index contributed by atoms with van der Waals surface area (Å²) >= 11 is 0. The van der Waals surface area contributed by atoms with Crippen molar-refractivity contribution in [2.45, 2.75) is 77.3 Å². The Kier molecular flexibility index (Phi) is 8.00. The van der Waals surface area contributed by atoms with Crippen molar-refractivity contribution in [2.24, 2.45) is 0 Å². The highest BCUT2D eigenvalue weighted by Crippen LogP contribution is 2.36. The summed E-state index contributed by atoms with van der Waals surface area (Å²) in [6.07, 6.45) is 8.54. The van der Waals surface area contributed by atoms with Crippen molar-refractivity contribution in [3.05, 3.63) is 23.8 Å². The first kappa shape index (κ1) is 22.4. The van der Waals surface area contributed by atoms with Gasteiger partial charge in [-0.2, -0.15) is 0 Å². The number of amides is 2. The molecule has 3 rings (SSSR count). The van der Waals surface area contributed by atoms with Crippen LogP contribution in [-0.4, -0.2) is 54.5 Å². The number of benzene rings is 1. The van der Waals surface area contributed by atoms with Gasteiger partial charge in [-0.05, 0) is 43.9 Å². The Labute approximate surface area is 180 Å². The Hall–Kier alpha value is -2.24. The molecule has 1 saturated heterocycles. The summed E-state index contributed by atoms with van der Waals surface area (Å²) in [6.45, 7) is 5.36. The van der Waals surface area contributed by atoms with E-state index < -0.39 is 6.04 Å². The molecule has 0 N–H and O–H groups in total. The van der Waals surface area contributed by atoms with Gasteiger partial charge in [-0.1, -0.05) is 45.1 Å². The summed E-state index contributed by atoms with van der Waals surface area (Å²) in [5.41, 5.74) is 0.795. The van der Waals surface area contributed by atoms with E-state index in [4.69, 9.17) is 9.47 Å². The van der Waals surface area contributed by atoms with Crippen molar-refractivity contribution in [3.63, 3.8) is 0 Å². The Morgan fingerprint density at radius 1 is 1.03 bits per heavy atom. The van der Waals surface area contributed by atoms with E-state index in [1.807, 2.05) is 30.0 Å². The van der Waals surface area contributed by atoms with Crippen LogP contribution in [0.4, 0.5) is 0 Å². The van der Waals surface area contributed by atoms with Gasteiger partial charge in [0.25, 0.3) is 5.91 Å². The van der Waals surface area contributed by atoms with E-state index in [1.54, 1.807) is 12.0 Å². The van der Waals surface area contributed by atoms with Gasteiger partial charge in [0.15, 0.2) is 11.5 Å². The van der Waals surface area contributed by atoms with E-state index in [1.165, 1.54) is 12.8 Å². The molecule has 2 aliphatic rings. The highest BCUT2D eigenvalue weighted by molar-refractivity contribution is 5.96. The second-order valence-corrected chi connectivity index (χ2v) is 8.30. The van der Waals surface area contributed by atoms with Crippen LogP contribution in [0, 0.1) is 0 Å². The predicted molar refractivity (Wildman–Crippen MR) is 117 cm³/mol. The second kappa shape index (κ2) is 10.7. The molecule has 2 amide bonds. The average molecular weight is 417 g/mol. The number of hydrogen-bond donors (Lipinski definition) is 0. The maximum absolute atomic E-state index is 13.7. The molecule has 1 heterocycles. The van der Waals surface area contributed by atoms with Crippen LogP contribution >= 0.6 is 0 Å². The van der Waals surface area contributed by atoms with Crippen LogP contribution in [-0.2, 0) is 9.59 Å². The largest absolute Gasteiger partial charge is 0.493 e. The molecule has 30 heavy (non-hydrogen) atoms. The van der Waals surface area contributed by atoms with Gasteiger partial charge < -0.3 is 19.3 Å². The molecular formula is C24H36N2O4. The molecule has 2 fully saturated rings. The molecule has 1 aliphatic carbocycles. The van der Waals surface area contributed by atoms with Crippen LogP contribution in [0.1, 0.15) is 76.8 Å². The Bertz CT molecular complexity index is 728. The van der Waals surface area contributed by atoms with Gasteiger partial charge >= 0.3 is 0 Å². The maximum atomic E-state index is 13.7. The lowest BCUT2D eigenvalue weighted by Gasteiger charge is -2.43. The fourth-order valence-electron chi connectivity index (χ4n) is 4.66. The highest BCUT2D eigenvalue weighted by atomic mass is 16.5. The van der Waals surface area contributed by atoms with Crippen LogP contribution in [0.25, 0.3) is 0 Å². The lowest BCUT2D eigenvalue weighted by atomic mass is 9.97.